The predicted molar refractivity (Wildman–Crippen MR) is 82.7 cm³/mol. The first-order valence-electron chi connectivity index (χ1n) is 6.89. The first-order valence-corrected chi connectivity index (χ1v) is 9.25. The second-order valence-corrected chi connectivity index (χ2v) is 7.81. The van der Waals surface area contributed by atoms with Crippen LogP contribution in [0.2, 0.25) is 0 Å². The molecule has 0 spiro atoms. The molecule has 1 atom stereocenters. The van der Waals surface area contributed by atoms with Gasteiger partial charge in [0, 0.05) is 10.9 Å². The molecule has 0 saturated heterocycles. The van der Waals surface area contributed by atoms with Crippen molar-refractivity contribution in [2.45, 2.75) is 36.8 Å². The zero-order valence-corrected chi connectivity index (χ0v) is 13.1. The number of benzene rings is 1. The van der Waals surface area contributed by atoms with E-state index in [0.717, 1.165) is 24.8 Å². The summed E-state index contributed by atoms with van der Waals surface area (Å²) in [7, 11) is -3.63. The van der Waals surface area contributed by atoms with Crippen LogP contribution in [-0.2, 0) is 23.1 Å². The highest BCUT2D eigenvalue weighted by Crippen LogP contribution is 2.34. The average molecular weight is 323 g/mol. The summed E-state index contributed by atoms with van der Waals surface area (Å²) in [5.74, 6) is 0. The minimum atomic E-state index is -3.63. The lowest BCUT2D eigenvalue weighted by molar-refractivity contribution is 0.278. The number of aryl methyl sites for hydroxylation is 1. The zero-order chi connectivity index (χ0) is 14.9. The molecule has 3 rings (SSSR count). The van der Waals surface area contributed by atoms with Crippen molar-refractivity contribution in [2.75, 3.05) is 0 Å². The van der Waals surface area contributed by atoms with Gasteiger partial charge in [0.25, 0.3) is 0 Å². The van der Waals surface area contributed by atoms with Crippen molar-refractivity contribution in [1.29, 1.82) is 0 Å². The third-order valence-electron chi connectivity index (χ3n) is 3.78. The van der Waals surface area contributed by atoms with Crippen molar-refractivity contribution >= 4 is 21.4 Å². The number of sulfonamides is 1. The smallest absolute Gasteiger partial charge is 0.241 e. The molecule has 112 valence electrons. The first-order chi connectivity index (χ1) is 10.1. The Labute approximate surface area is 128 Å². The van der Waals surface area contributed by atoms with Gasteiger partial charge in [0.1, 0.15) is 0 Å². The van der Waals surface area contributed by atoms with Crippen molar-refractivity contribution in [3.8, 4) is 0 Å². The molecule has 0 amide bonds. The summed E-state index contributed by atoms with van der Waals surface area (Å²) in [5, 5.41) is 11.3. The molecule has 0 bridgehead atoms. The van der Waals surface area contributed by atoms with Gasteiger partial charge in [-0.15, -0.1) is 11.3 Å². The van der Waals surface area contributed by atoms with Gasteiger partial charge in [-0.3, -0.25) is 0 Å². The summed E-state index contributed by atoms with van der Waals surface area (Å²) in [6.45, 7) is -0.286. The molecule has 2 N–H and O–H groups in total. The minimum Gasteiger partial charge on any atom is -0.392 e. The van der Waals surface area contributed by atoms with Crippen molar-refractivity contribution in [3.63, 3.8) is 0 Å². The third-order valence-corrected chi connectivity index (χ3v) is 6.35. The van der Waals surface area contributed by atoms with Crippen LogP contribution in [0.25, 0.3) is 0 Å². The van der Waals surface area contributed by atoms with Crippen molar-refractivity contribution in [2.24, 2.45) is 0 Å². The molecule has 1 aliphatic carbocycles. The van der Waals surface area contributed by atoms with Gasteiger partial charge in [-0.1, -0.05) is 18.2 Å². The van der Waals surface area contributed by atoms with E-state index in [1.165, 1.54) is 10.9 Å². The molecule has 1 unspecified atom stereocenters. The summed E-state index contributed by atoms with van der Waals surface area (Å²) >= 11 is 1.68. The molecule has 0 saturated carbocycles. The highest BCUT2D eigenvalue weighted by atomic mass is 32.2. The van der Waals surface area contributed by atoms with Crippen LogP contribution >= 0.6 is 11.3 Å². The van der Waals surface area contributed by atoms with E-state index in [1.807, 2.05) is 11.4 Å². The number of rotatable bonds is 4. The fourth-order valence-electron chi connectivity index (χ4n) is 2.76. The Balaban J connectivity index is 1.91. The number of thiophene rings is 1. The van der Waals surface area contributed by atoms with Gasteiger partial charge in [0.2, 0.25) is 10.0 Å². The fourth-order valence-corrected chi connectivity index (χ4v) is 5.23. The van der Waals surface area contributed by atoms with Crippen LogP contribution in [0.3, 0.4) is 0 Å². The Hall–Kier alpha value is -1.21. The largest absolute Gasteiger partial charge is 0.392 e. The van der Waals surface area contributed by atoms with E-state index < -0.39 is 10.0 Å². The number of hydrogen-bond acceptors (Lipinski definition) is 4. The summed E-state index contributed by atoms with van der Waals surface area (Å²) in [5.41, 5.74) is 1.52. The topological polar surface area (TPSA) is 66.4 Å². The number of hydrogen-bond donors (Lipinski definition) is 2. The summed E-state index contributed by atoms with van der Waals surface area (Å²) < 4.78 is 28.0. The Morgan fingerprint density at radius 2 is 2.10 bits per heavy atom. The quantitative estimate of drug-likeness (QED) is 0.909. The summed E-state index contributed by atoms with van der Waals surface area (Å²) in [4.78, 5) is 1.43. The van der Waals surface area contributed by atoms with E-state index >= 15 is 0 Å². The van der Waals surface area contributed by atoms with Crippen LogP contribution in [0.5, 0.6) is 0 Å². The van der Waals surface area contributed by atoms with Crippen LogP contribution in [-0.4, -0.2) is 13.5 Å². The molecule has 0 fully saturated rings. The van der Waals surface area contributed by atoms with Crippen molar-refractivity contribution < 1.29 is 13.5 Å². The maximum absolute atomic E-state index is 12.6. The van der Waals surface area contributed by atoms with Gasteiger partial charge in [-0.25, -0.2) is 13.1 Å². The highest BCUT2D eigenvalue weighted by molar-refractivity contribution is 7.89. The molecule has 6 heteroatoms. The van der Waals surface area contributed by atoms with Gasteiger partial charge >= 0.3 is 0 Å². The van der Waals surface area contributed by atoms with Gasteiger partial charge in [-0.2, -0.15) is 0 Å². The summed E-state index contributed by atoms with van der Waals surface area (Å²) in [6, 6.07) is 8.39. The molecule has 1 aliphatic rings. The fraction of sp³-hybridized carbons (Fsp3) is 0.333. The zero-order valence-electron chi connectivity index (χ0n) is 11.5. The van der Waals surface area contributed by atoms with Crippen LogP contribution < -0.4 is 4.72 Å². The Morgan fingerprint density at radius 3 is 2.90 bits per heavy atom. The first kappa shape index (κ1) is 14.7. The monoisotopic (exact) mass is 323 g/mol. The molecule has 0 radical (unpaired) electrons. The van der Waals surface area contributed by atoms with E-state index in [1.54, 1.807) is 29.5 Å². The van der Waals surface area contributed by atoms with Gasteiger partial charge < -0.3 is 5.11 Å². The molecule has 1 aromatic carbocycles. The Morgan fingerprint density at radius 1 is 1.29 bits per heavy atom. The predicted octanol–water partition coefficient (Wildman–Crippen LogP) is 2.60. The van der Waals surface area contributed by atoms with E-state index in [0.29, 0.717) is 5.56 Å². The molecular weight excluding hydrogens is 306 g/mol. The number of aliphatic hydroxyl groups excluding tert-OH is 1. The van der Waals surface area contributed by atoms with Crippen LogP contribution in [0.1, 0.15) is 34.9 Å². The highest BCUT2D eigenvalue weighted by Gasteiger charge is 2.27. The van der Waals surface area contributed by atoms with E-state index in [2.05, 4.69) is 4.72 Å². The second kappa shape index (κ2) is 5.88. The van der Waals surface area contributed by atoms with E-state index in [9.17, 15) is 13.5 Å². The van der Waals surface area contributed by atoms with E-state index in [-0.39, 0.29) is 17.5 Å². The number of fused-ring (bicyclic) bond motifs is 1. The Kier molecular flexibility index (Phi) is 4.12. The molecule has 21 heavy (non-hydrogen) atoms. The maximum atomic E-state index is 12.6. The number of nitrogens with one attached hydrogen (secondary N) is 1. The van der Waals surface area contributed by atoms with Crippen molar-refractivity contribution in [1.82, 2.24) is 4.72 Å². The van der Waals surface area contributed by atoms with Gasteiger partial charge in [-0.05, 0) is 47.9 Å². The molecule has 4 nitrogen and oxygen atoms in total. The molecular formula is C15H17NO3S2. The standard InChI is InChI=1S/C15H17NO3S2/c17-10-11-4-1-2-7-15(11)21(18,19)16-13-5-3-6-14-12(13)8-9-20-14/h1-2,4,7-9,13,16-17H,3,5-6,10H2. The molecule has 1 aromatic heterocycles. The second-order valence-electron chi connectivity index (χ2n) is 5.13. The summed E-state index contributed by atoms with van der Waals surface area (Å²) in [6.07, 6.45) is 2.82. The maximum Gasteiger partial charge on any atom is 0.241 e. The number of aliphatic hydroxyl groups is 1. The molecule has 0 aliphatic heterocycles. The van der Waals surface area contributed by atoms with Gasteiger partial charge in [0.05, 0.1) is 11.5 Å². The molecule has 2 aromatic rings. The van der Waals surface area contributed by atoms with Gasteiger partial charge in [0.15, 0.2) is 0 Å². The average Bonchev–Trinajstić information content (AvgIpc) is 2.96. The lowest BCUT2D eigenvalue weighted by Gasteiger charge is -2.24. The molecule has 1 heterocycles. The lowest BCUT2D eigenvalue weighted by atomic mass is 9.95. The van der Waals surface area contributed by atoms with Crippen LogP contribution in [0.15, 0.2) is 40.6 Å². The van der Waals surface area contributed by atoms with Crippen LogP contribution in [0, 0.1) is 0 Å². The van der Waals surface area contributed by atoms with E-state index in [4.69, 9.17) is 0 Å². The normalized spacial score (nSPS) is 18.4. The van der Waals surface area contributed by atoms with Crippen LogP contribution in [0.4, 0.5) is 0 Å². The minimum absolute atomic E-state index is 0.162. The van der Waals surface area contributed by atoms with Crippen molar-refractivity contribution in [3.05, 3.63) is 51.7 Å². The Bertz CT molecular complexity index is 737. The SMILES string of the molecule is O=S(=O)(NC1CCCc2sccc21)c1ccccc1CO. The lowest BCUT2D eigenvalue weighted by Crippen LogP contribution is -2.31. The third kappa shape index (κ3) is 2.89.